The smallest absolute Gasteiger partial charge is 0.0931 e. The van der Waals surface area contributed by atoms with Crippen LogP contribution in [-0.4, -0.2) is 6.54 Å². The Morgan fingerprint density at radius 1 is 1.19 bits per heavy atom. The Labute approximate surface area is 138 Å². The summed E-state index contributed by atoms with van der Waals surface area (Å²) >= 11 is 9.58. The normalized spacial score (nSPS) is 12.9. The van der Waals surface area contributed by atoms with Gasteiger partial charge < -0.3 is 5.32 Å². The molecule has 0 saturated carbocycles. The molecule has 2 heterocycles. The molecule has 2 aromatic heterocycles. The summed E-state index contributed by atoms with van der Waals surface area (Å²) in [7, 11) is 0. The molecular weight excluding hydrogens is 318 g/mol. The summed E-state index contributed by atoms with van der Waals surface area (Å²) < 4.78 is 2.23. The lowest BCUT2D eigenvalue weighted by atomic mass is 10.0. The van der Waals surface area contributed by atoms with Crippen molar-refractivity contribution in [3.63, 3.8) is 0 Å². The summed E-state index contributed by atoms with van der Waals surface area (Å²) in [6.07, 6.45) is 2.14. The highest BCUT2D eigenvalue weighted by atomic mass is 35.5. The molecule has 0 fully saturated rings. The maximum absolute atomic E-state index is 6.07. The van der Waals surface area contributed by atoms with E-state index in [1.165, 1.54) is 20.5 Å². The number of halogens is 1. The van der Waals surface area contributed by atoms with E-state index in [0.717, 1.165) is 23.7 Å². The predicted octanol–water partition coefficient (Wildman–Crippen LogP) is 5.90. The first-order chi connectivity index (χ1) is 10.3. The summed E-state index contributed by atoms with van der Waals surface area (Å²) in [6, 6.07) is 13.1. The molecule has 0 spiro atoms. The molecule has 0 aliphatic carbocycles. The van der Waals surface area contributed by atoms with Gasteiger partial charge in [0.15, 0.2) is 0 Å². The second kappa shape index (κ2) is 6.93. The molecule has 110 valence electrons. The van der Waals surface area contributed by atoms with Crippen LogP contribution in [0, 0.1) is 0 Å². The maximum Gasteiger partial charge on any atom is 0.0931 e. The highest BCUT2D eigenvalue weighted by Crippen LogP contribution is 2.33. The van der Waals surface area contributed by atoms with E-state index in [1.807, 2.05) is 17.4 Å². The van der Waals surface area contributed by atoms with Gasteiger partial charge >= 0.3 is 0 Å². The van der Waals surface area contributed by atoms with E-state index in [4.69, 9.17) is 11.6 Å². The summed E-state index contributed by atoms with van der Waals surface area (Å²) in [5.41, 5.74) is 1.41. The molecule has 0 aliphatic rings. The lowest BCUT2D eigenvalue weighted by molar-refractivity contribution is 0.536. The van der Waals surface area contributed by atoms with E-state index in [9.17, 15) is 0 Å². The monoisotopic (exact) mass is 335 g/mol. The topological polar surface area (TPSA) is 12.0 Å². The zero-order valence-electron chi connectivity index (χ0n) is 11.9. The molecule has 1 aromatic carbocycles. The van der Waals surface area contributed by atoms with Crippen molar-refractivity contribution in [3.8, 4) is 0 Å². The zero-order chi connectivity index (χ0) is 14.7. The molecule has 0 amide bonds. The molecule has 1 unspecified atom stereocenters. The molecule has 21 heavy (non-hydrogen) atoms. The van der Waals surface area contributed by atoms with Crippen LogP contribution < -0.4 is 5.32 Å². The van der Waals surface area contributed by atoms with Gasteiger partial charge in [0, 0.05) is 22.0 Å². The highest BCUT2D eigenvalue weighted by molar-refractivity contribution is 7.17. The number of rotatable bonds is 6. The largest absolute Gasteiger partial charge is 0.310 e. The second-order valence-corrected chi connectivity index (χ2v) is 7.81. The first kappa shape index (κ1) is 15.0. The van der Waals surface area contributed by atoms with Crippen molar-refractivity contribution in [1.82, 2.24) is 5.32 Å². The van der Waals surface area contributed by atoms with Crippen LogP contribution in [-0.2, 0) is 6.42 Å². The van der Waals surface area contributed by atoms with Crippen molar-refractivity contribution in [1.29, 1.82) is 0 Å². The van der Waals surface area contributed by atoms with Gasteiger partial charge in [-0.1, -0.05) is 36.7 Å². The van der Waals surface area contributed by atoms with Crippen LogP contribution in [0.25, 0.3) is 10.1 Å². The van der Waals surface area contributed by atoms with Gasteiger partial charge in [0.1, 0.15) is 0 Å². The van der Waals surface area contributed by atoms with Gasteiger partial charge in [0.05, 0.1) is 4.34 Å². The Morgan fingerprint density at radius 2 is 2.05 bits per heavy atom. The van der Waals surface area contributed by atoms with Gasteiger partial charge in [-0.2, -0.15) is 0 Å². The Kier molecular flexibility index (Phi) is 4.96. The van der Waals surface area contributed by atoms with E-state index in [2.05, 4.69) is 48.0 Å². The second-order valence-electron chi connectivity index (χ2n) is 5.10. The predicted molar refractivity (Wildman–Crippen MR) is 95.9 cm³/mol. The van der Waals surface area contributed by atoms with Crippen LogP contribution in [0.4, 0.5) is 0 Å². The number of fused-ring (bicyclic) bond motifs is 1. The van der Waals surface area contributed by atoms with Crippen LogP contribution in [0.2, 0.25) is 4.34 Å². The van der Waals surface area contributed by atoms with E-state index in [1.54, 1.807) is 11.3 Å². The van der Waals surface area contributed by atoms with Crippen molar-refractivity contribution in [2.45, 2.75) is 25.8 Å². The van der Waals surface area contributed by atoms with Crippen LogP contribution in [0.3, 0.4) is 0 Å². The number of benzene rings is 1. The van der Waals surface area contributed by atoms with Crippen molar-refractivity contribution in [2.75, 3.05) is 6.54 Å². The number of hydrogen-bond donors (Lipinski definition) is 1. The Balaban J connectivity index is 1.91. The van der Waals surface area contributed by atoms with Gasteiger partial charge in [-0.05, 0) is 47.5 Å². The first-order valence-corrected chi connectivity index (χ1v) is 9.29. The van der Waals surface area contributed by atoms with Crippen molar-refractivity contribution >= 4 is 44.4 Å². The average molecular weight is 336 g/mol. The van der Waals surface area contributed by atoms with Gasteiger partial charge in [0.2, 0.25) is 0 Å². The van der Waals surface area contributed by atoms with Crippen molar-refractivity contribution < 1.29 is 0 Å². The third-order valence-corrected chi connectivity index (χ3v) is 5.80. The highest BCUT2D eigenvalue weighted by Gasteiger charge is 2.16. The first-order valence-electron chi connectivity index (χ1n) is 7.21. The molecule has 4 heteroatoms. The Hall–Kier alpha value is -0.870. The minimum absolute atomic E-state index is 0.357. The van der Waals surface area contributed by atoms with Crippen LogP contribution in [0.15, 0.2) is 41.8 Å². The van der Waals surface area contributed by atoms with Crippen LogP contribution in [0.1, 0.15) is 29.8 Å². The molecule has 0 radical (unpaired) electrons. The lowest BCUT2D eigenvalue weighted by Gasteiger charge is -2.17. The number of nitrogens with one attached hydrogen (secondary N) is 1. The molecule has 3 aromatic rings. The Morgan fingerprint density at radius 3 is 2.81 bits per heavy atom. The lowest BCUT2D eigenvalue weighted by Crippen LogP contribution is -2.23. The van der Waals surface area contributed by atoms with E-state index in [0.29, 0.717) is 6.04 Å². The third kappa shape index (κ3) is 3.49. The summed E-state index contributed by atoms with van der Waals surface area (Å²) in [5, 5.41) is 7.36. The fraction of sp³-hybridized carbons (Fsp3) is 0.294. The molecule has 3 rings (SSSR count). The molecule has 1 atom stereocenters. The quantitative estimate of drug-likeness (QED) is 0.591. The van der Waals surface area contributed by atoms with Gasteiger partial charge in [0.25, 0.3) is 0 Å². The average Bonchev–Trinajstić information content (AvgIpc) is 3.09. The van der Waals surface area contributed by atoms with E-state index >= 15 is 0 Å². The van der Waals surface area contributed by atoms with Gasteiger partial charge in [-0.3, -0.25) is 0 Å². The van der Waals surface area contributed by atoms with Gasteiger partial charge in [-0.15, -0.1) is 22.7 Å². The van der Waals surface area contributed by atoms with Crippen molar-refractivity contribution in [3.05, 3.63) is 56.6 Å². The number of hydrogen-bond acceptors (Lipinski definition) is 3. The molecular formula is C17H18ClNS2. The summed E-state index contributed by atoms with van der Waals surface area (Å²) in [5.74, 6) is 0. The SMILES string of the molecule is CCCNC(Cc1ccc(Cl)s1)c1csc2ccccc12. The Bertz CT molecular complexity index is 716. The fourth-order valence-electron chi connectivity index (χ4n) is 2.54. The van der Waals surface area contributed by atoms with Crippen LogP contribution in [0.5, 0.6) is 0 Å². The standard InChI is InChI=1S/C17H18ClNS2/c1-2-9-19-15(10-12-7-8-17(18)21-12)14-11-20-16-6-4-3-5-13(14)16/h3-8,11,15,19H,2,9-10H2,1H3. The van der Waals surface area contributed by atoms with Crippen molar-refractivity contribution in [2.24, 2.45) is 0 Å². The minimum Gasteiger partial charge on any atom is -0.310 e. The molecule has 1 N–H and O–H groups in total. The fourth-order valence-corrected chi connectivity index (χ4v) is 4.69. The summed E-state index contributed by atoms with van der Waals surface area (Å²) in [4.78, 5) is 1.34. The minimum atomic E-state index is 0.357. The molecule has 0 bridgehead atoms. The maximum atomic E-state index is 6.07. The molecule has 1 nitrogen and oxygen atoms in total. The zero-order valence-corrected chi connectivity index (χ0v) is 14.3. The third-order valence-electron chi connectivity index (χ3n) is 3.56. The summed E-state index contributed by atoms with van der Waals surface area (Å²) in [6.45, 7) is 3.24. The molecule has 0 aliphatic heterocycles. The molecule has 0 saturated heterocycles. The van der Waals surface area contributed by atoms with E-state index in [-0.39, 0.29) is 0 Å². The number of thiophene rings is 2. The van der Waals surface area contributed by atoms with E-state index < -0.39 is 0 Å². The van der Waals surface area contributed by atoms with Crippen LogP contribution >= 0.6 is 34.3 Å². The van der Waals surface area contributed by atoms with Gasteiger partial charge in [-0.25, -0.2) is 0 Å².